The maximum atomic E-state index is 14.2. The van der Waals surface area contributed by atoms with E-state index in [1.807, 2.05) is 18.2 Å². The number of fused-ring (bicyclic) bond motifs is 1. The number of nitrogens with zero attached hydrogens (tertiary/aromatic N) is 3. The predicted molar refractivity (Wildman–Crippen MR) is 115 cm³/mol. The smallest absolute Gasteiger partial charge is 0.230 e. The number of hydrogen-bond donors (Lipinski definition) is 0. The highest BCUT2D eigenvalue weighted by molar-refractivity contribution is 7.19. The Bertz CT molecular complexity index is 1250. The van der Waals surface area contributed by atoms with Crippen molar-refractivity contribution in [2.75, 3.05) is 4.90 Å². The summed E-state index contributed by atoms with van der Waals surface area (Å²) in [5.74, 6) is -1.97. The van der Waals surface area contributed by atoms with Gasteiger partial charge in [0.15, 0.2) is 5.13 Å². The standard InChI is InChI=1S/C20H12ClF2N3OS2/c1-11(27)26(17-5-3-13(22)9-15(17)23)20-24-14(10-28-20)4-7-19-25-16-8-12(21)2-6-18(16)29-19/h2-10H,1H3/b7-4+. The van der Waals surface area contributed by atoms with Gasteiger partial charge >= 0.3 is 0 Å². The van der Waals surface area contributed by atoms with Gasteiger partial charge < -0.3 is 0 Å². The summed E-state index contributed by atoms with van der Waals surface area (Å²) in [6, 6.07) is 8.58. The van der Waals surface area contributed by atoms with Gasteiger partial charge in [0.05, 0.1) is 21.6 Å². The van der Waals surface area contributed by atoms with E-state index in [1.165, 1.54) is 35.7 Å². The topological polar surface area (TPSA) is 46.1 Å². The van der Waals surface area contributed by atoms with Crippen molar-refractivity contribution in [3.8, 4) is 0 Å². The number of rotatable bonds is 4. The van der Waals surface area contributed by atoms with Gasteiger partial charge in [-0.2, -0.15) is 0 Å². The fourth-order valence-corrected chi connectivity index (χ4v) is 4.54. The van der Waals surface area contributed by atoms with Gasteiger partial charge in [-0.25, -0.2) is 18.7 Å². The van der Waals surface area contributed by atoms with Gasteiger partial charge in [-0.3, -0.25) is 9.69 Å². The molecule has 2 aromatic carbocycles. The third-order valence-corrected chi connectivity index (χ3v) is 6.01. The molecule has 146 valence electrons. The van der Waals surface area contributed by atoms with Crippen molar-refractivity contribution in [3.63, 3.8) is 0 Å². The highest BCUT2D eigenvalue weighted by Gasteiger charge is 2.21. The van der Waals surface area contributed by atoms with E-state index >= 15 is 0 Å². The first kappa shape index (κ1) is 19.6. The number of amides is 1. The number of anilines is 2. The molecule has 0 saturated heterocycles. The predicted octanol–water partition coefficient (Wildman–Crippen LogP) is 6.54. The molecule has 0 aliphatic carbocycles. The molecule has 1 amide bonds. The van der Waals surface area contributed by atoms with Crippen LogP contribution in [-0.4, -0.2) is 15.9 Å². The lowest BCUT2D eigenvalue weighted by molar-refractivity contribution is -0.115. The van der Waals surface area contributed by atoms with Crippen LogP contribution in [-0.2, 0) is 4.79 Å². The van der Waals surface area contributed by atoms with Crippen LogP contribution < -0.4 is 4.90 Å². The van der Waals surface area contributed by atoms with Crippen LogP contribution >= 0.6 is 34.3 Å². The molecule has 9 heteroatoms. The van der Waals surface area contributed by atoms with Crippen molar-refractivity contribution in [1.29, 1.82) is 0 Å². The first-order valence-electron chi connectivity index (χ1n) is 8.36. The number of carbonyl (C=O) groups excluding carboxylic acids is 1. The number of benzene rings is 2. The Morgan fingerprint density at radius 3 is 2.72 bits per heavy atom. The Hall–Kier alpha value is -2.68. The van der Waals surface area contributed by atoms with Crippen molar-refractivity contribution < 1.29 is 13.6 Å². The largest absolute Gasteiger partial charge is 0.274 e. The zero-order chi connectivity index (χ0) is 20.5. The van der Waals surface area contributed by atoms with E-state index < -0.39 is 17.5 Å². The van der Waals surface area contributed by atoms with Gasteiger partial charge in [-0.1, -0.05) is 11.6 Å². The normalized spacial score (nSPS) is 11.4. The molecule has 4 aromatic rings. The lowest BCUT2D eigenvalue weighted by atomic mass is 10.2. The first-order chi connectivity index (χ1) is 13.9. The third-order valence-electron chi connectivity index (χ3n) is 3.93. The van der Waals surface area contributed by atoms with Crippen molar-refractivity contribution >= 4 is 73.4 Å². The molecule has 0 N–H and O–H groups in total. The van der Waals surface area contributed by atoms with Gasteiger partial charge in [0.2, 0.25) is 5.91 Å². The molecule has 0 fully saturated rings. The summed E-state index contributed by atoms with van der Waals surface area (Å²) in [5.41, 5.74) is 1.36. The Morgan fingerprint density at radius 1 is 1.14 bits per heavy atom. The van der Waals surface area contributed by atoms with Gasteiger partial charge in [0, 0.05) is 23.4 Å². The van der Waals surface area contributed by atoms with Crippen molar-refractivity contribution in [3.05, 3.63) is 69.1 Å². The summed E-state index contributed by atoms with van der Waals surface area (Å²) in [6.07, 6.45) is 3.58. The molecule has 29 heavy (non-hydrogen) atoms. The lowest BCUT2D eigenvalue weighted by Gasteiger charge is -2.18. The Labute approximate surface area is 177 Å². The minimum atomic E-state index is -0.833. The zero-order valence-electron chi connectivity index (χ0n) is 14.9. The van der Waals surface area contributed by atoms with E-state index in [-0.39, 0.29) is 5.69 Å². The Morgan fingerprint density at radius 2 is 1.97 bits per heavy atom. The quantitative estimate of drug-likeness (QED) is 0.357. The highest BCUT2D eigenvalue weighted by Crippen LogP contribution is 2.32. The van der Waals surface area contributed by atoms with E-state index in [2.05, 4.69) is 9.97 Å². The minimum Gasteiger partial charge on any atom is -0.274 e. The molecule has 0 saturated carbocycles. The van der Waals surface area contributed by atoms with Crippen molar-refractivity contribution in [2.45, 2.75) is 6.92 Å². The number of halogens is 3. The Balaban J connectivity index is 1.61. The summed E-state index contributed by atoms with van der Waals surface area (Å²) < 4.78 is 28.4. The summed E-state index contributed by atoms with van der Waals surface area (Å²) >= 11 is 8.68. The van der Waals surface area contributed by atoms with Crippen LogP contribution in [0.15, 0.2) is 41.8 Å². The van der Waals surface area contributed by atoms with Crippen LogP contribution in [0, 0.1) is 11.6 Å². The van der Waals surface area contributed by atoms with E-state index in [1.54, 1.807) is 17.5 Å². The SMILES string of the molecule is CC(=O)N(c1nc(/C=C/c2nc3cc(Cl)ccc3s2)cs1)c1ccc(F)cc1F. The fraction of sp³-hybridized carbons (Fsp3) is 0.0500. The molecule has 2 aromatic heterocycles. The second-order valence-electron chi connectivity index (χ2n) is 6.00. The molecule has 0 aliphatic heterocycles. The van der Waals surface area contributed by atoms with Gasteiger partial charge in [0.25, 0.3) is 0 Å². The van der Waals surface area contributed by atoms with Gasteiger partial charge in [-0.05, 0) is 42.5 Å². The zero-order valence-corrected chi connectivity index (χ0v) is 17.3. The van der Waals surface area contributed by atoms with Crippen molar-refractivity contribution in [2.24, 2.45) is 0 Å². The molecule has 0 bridgehead atoms. The molecule has 0 unspecified atom stereocenters. The summed E-state index contributed by atoms with van der Waals surface area (Å²) in [6.45, 7) is 1.30. The van der Waals surface area contributed by atoms with Crippen molar-refractivity contribution in [1.82, 2.24) is 9.97 Å². The lowest BCUT2D eigenvalue weighted by Crippen LogP contribution is -2.23. The number of aromatic nitrogens is 2. The molecule has 0 radical (unpaired) electrons. The average Bonchev–Trinajstić information content (AvgIpc) is 3.28. The summed E-state index contributed by atoms with van der Waals surface area (Å²) in [4.78, 5) is 22.1. The fourth-order valence-electron chi connectivity index (χ4n) is 2.67. The molecular weight excluding hydrogens is 436 g/mol. The number of carbonyl (C=O) groups is 1. The second kappa shape index (κ2) is 7.98. The van der Waals surface area contributed by atoms with E-state index in [4.69, 9.17) is 11.6 Å². The van der Waals surface area contributed by atoms with E-state index in [9.17, 15) is 13.6 Å². The second-order valence-corrected chi connectivity index (χ2v) is 8.34. The van der Waals surface area contributed by atoms with Crippen LogP contribution in [0.4, 0.5) is 19.6 Å². The van der Waals surface area contributed by atoms with Crippen LogP contribution in [0.5, 0.6) is 0 Å². The molecule has 4 rings (SSSR count). The molecule has 0 aliphatic rings. The minimum absolute atomic E-state index is 0.0492. The van der Waals surface area contributed by atoms with Gasteiger partial charge in [0.1, 0.15) is 16.6 Å². The average molecular weight is 448 g/mol. The monoisotopic (exact) mass is 447 g/mol. The Kier molecular flexibility index (Phi) is 5.40. The molecular formula is C20H12ClF2N3OS2. The number of hydrogen-bond acceptors (Lipinski definition) is 5. The molecule has 0 atom stereocenters. The molecule has 2 heterocycles. The van der Waals surface area contributed by atoms with E-state index in [0.717, 1.165) is 32.3 Å². The summed E-state index contributed by atoms with van der Waals surface area (Å²) in [5, 5.41) is 3.44. The molecule has 0 spiro atoms. The first-order valence-corrected chi connectivity index (χ1v) is 10.4. The van der Waals surface area contributed by atoms with Crippen LogP contribution in [0.2, 0.25) is 5.02 Å². The van der Waals surface area contributed by atoms with Gasteiger partial charge in [-0.15, -0.1) is 22.7 Å². The maximum absolute atomic E-state index is 14.2. The highest BCUT2D eigenvalue weighted by atomic mass is 35.5. The van der Waals surface area contributed by atoms with Crippen LogP contribution in [0.3, 0.4) is 0 Å². The van der Waals surface area contributed by atoms with Crippen LogP contribution in [0.1, 0.15) is 17.6 Å². The number of thiazole rings is 2. The molecule has 4 nitrogen and oxygen atoms in total. The van der Waals surface area contributed by atoms with E-state index in [0.29, 0.717) is 15.8 Å². The maximum Gasteiger partial charge on any atom is 0.230 e. The third kappa shape index (κ3) is 4.19. The van der Waals surface area contributed by atoms with Crippen LogP contribution in [0.25, 0.3) is 22.4 Å². The summed E-state index contributed by atoms with van der Waals surface area (Å²) in [7, 11) is 0.